The summed E-state index contributed by atoms with van der Waals surface area (Å²) >= 11 is 1.32. The fraction of sp³-hybridized carbons (Fsp3) is 0.673. The summed E-state index contributed by atoms with van der Waals surface area (Å²) in [6, 6.07) is -17.7. The Balaban J connectivity index is 2.19. The highest BCUT2D eigenvalue weighted by Gasteiger charge is 2.42. The third kappa shape index (κ3) is 24.3. The number of rotatable bonds is 37. The van der Waals surface area contributed by atoms with Crippen molar-refractivity contribution >= 4 is 106 Å². The predicted molar refractivity (Wildman–Crippen MR) is 301 cm³/mol. The van der Waals surface area contributed by atoms with Crippen molar-refractivity contribution in [3.05, 3.63) is 0 Å². The van der Waals surface area contributed by atoms with Crippen molar-refractivity contribution in [2.24, 2.45) is 33.7 Å². The standard InChI is InChI=1S/C49H81N17O19S/c1-22(56-39(75)25(50)20-67)38(74)62-29(18-34(51)69)42(78)64-31(21-68)43(79)63-30(19-35(52)70)47(83)66-16-7-9-32(66)44(80)57-23(2)37(73)59-27(13-17-86-4)40(76)58-24(3)46(82)65-15-6-10-33(65)45(81)60-26(8-5-14-55-49(53)54)41(77)61-28(48(84)85)11-12-36(71)72/h22-33,67-68H,5-21,50H2,1-4H3,(H2,51,69)(H2,52,70)(H,56,75)(H,57,80)(H,58,76)(H,59,73)(H,60,81)(H,61,77)(H,62,74)(H,63,79)(H,64,78)(H,71,72)(H,84,85)(H4,53,54,55). The number of nitrogens with zero attached hydrogens (tertiary/aromatic N) is 3. The lowest BCUT2D eigenvalue weighted by molar-refractivity contribution is -0.144. The highest BCUT2D eigenvalue weighted by atomic mass is 32.2. The first kappa shape index (κ1) is 73.7. The smallest absolute Gasteiger partial charge is 0.326 e. The van der Waals surface area contributed by atoms with Gasteiger partial charge in [0.05, 0.1) is 26.1 Å². The molecule has 0 aromatic rings. The molecule has 0 aromatic carbocycles. The van der Waals surface area contributed by atoms with Gasteiger partial charge in [0.2, 0.25) is 76.8 Å². The maximum absolute atomic E-state index is 14.0. The van der Waals surface area contributed by atoms with Crippen LogP contribution in [0, 0.1) is 0 Å². The molecule has 2 aliphatic rings. The van der Waals surface area contributed by atoms with Crippen molar-refractivity contribution in [2.75, 3.05) is 44.9 Å². The number of guanidine groups is 1. The molecule has 2 aliphatic heterocycles. The number of hydrogen-bond acceptors (Lipinski definition) is 20. The van der Waals surface area contributed by atoms with E-state index >= 15 is 0 Å². The zero-order chi connectivity index (χ0) is 65.1. The first-order chi connectivity index (χ1) is 40.4. The molecule has 13 amide bonds. The molecule has 23 N–H and O–H groups in total. The molecule has 2 saturated heterocycles. The molecule has 37 heteroatoms. The van der Waals surface area contributed by atoms with Gasteiger partial charge in [-0.05, 0) is 84.1 Å². The van der Waals surface area contributed by atoms with Crippen LogP contribution in [0.2, 0.25) is 0 Å². The largest absolute Gasteiger partial charge is 0.481 e. The van der Waals surface area contributed by atoms with Crippen molar-refractivity contribution < 1.29 is 92.3 Å². The molecule has 0 aromatic heterocycles. The molecule has 0 aliphatic carbocycles. The van der Waals surface area contributed by atoms with Gasteiger partial charge in [-0.25, -0.2) is 4.79 Å². The number of aliphatic imine (C=N–C) groups is 1. The van der Waals surface area contributed by atoms with Crippen LogP contribution in [-0.2, 0) is 71.9 Å². The normalized spacial score (nSPS) is 18.0. The monoisotopic (exact) mass is 1240 g/mol. The van der Waals surface area contributed by atoms with E-state index in [-0.39, 0.29) is 64.1 Å². The second-order valence-corrected chi connectivity index (χ2v) is 21.2. The van der Waals surface area contributed by atoms with Crippen molar-refractivity contribution in [1.82, 2.24) is 57.7 Å². The molecule has 12 atom stereocenters. The Morgan fingerprint density at radius 1 is 0.523 bits per heavy atom. The number of hydrogen-bond donors (Lipinski definition) is 18. The molecule has 2 rings (SSSR count). The van der Waals surface area contributed by atoms with Crippen LogP contribution in [0.15, 0.2) is 4.99 Å². The Bertz CT molecular complexity index is 2520. The molecular formula is C49H81N17O19S. The van der Waals surface area contributed by atoms with Gasteiger partial charge in [0, 0.05) is 26.1 Å². The third-order valence-electron chi connectivity index (χ3n) is 13.4. The van der Waals surface area contributed by atoms with E-state index in [1.165, 1.54) is 37.4 Å². The quantitative estimate of drug-likeness (QED) is 0.0156. The van der Waals surface area contributed by atoms with Crippen LogP contribution in [0.4, 0.5) is 0 Å². The molecule has 2 fully saturated rings. The van der Waals surface area contributed by atoms with Crippen molar-refractivity contribution in [1.29, 1.82) is 0 Å². The van der Waals surface area contributed by atoms with Gasteiger partial charge in [-0.1, -0.05) is 0 Å². The number of carboxylic acid groups (broad SMARTS) is 2. The summed E-state index contributed by atoms with van der Waals surface area (Å²) < 4.78 is 0. The van der Waals surface area contributed by atoms with E-state index in [0.717, 1.165) is 4.90 Å². The minimum absolute atomic E-state index is 0.0199. The maximum Gasteiger partial charge on any atom is 0.326 e. The Morgan fingerprint density at radius 3 is 1.50 bits per heavy atom. The molecular weight excluding hydrogens is 1160 g/mol. The van der Waals surface area contributed by atoms with Gasteiger partial charge in [0.25, 0.3) is 0 Å². The highest BCUT2D eigenvalue weighted by molar-refractivity contribution is 7.98. The van der Waals surface area contributed by atoms with E-state index in [2.05, 4.69) is 52.8 Å². The van der Waals surface area contributed by atoms with Crippen LogP contribution in [0.25, 0.3) is 0 Å². The number of primary amides is 2. The Labute approximate surface area is 497 Å². The number of thioether (sulfide) groups is 1. The van der Waals surface area contributed by atoms with E-state index in [1.807, 2.05) is 0 Å². The first-order valence-electron chi connectivity index (χ1n) is 27.2. The fourth-order valence-electron chi connectivity index (χ4n) is 8.76. The third-order valence-corrected chi connectivity index (χ3v) is 14.0. The lowest BCUT2D eigenvalue weighted by Crippen LogP contribution is -2.61. The van der Waals surface area contributed by atoms with E-state index < -0.39 is 200 Å². The Kier molecular flexibility index (Phi) is 31.2. The van der Waals surface area contributed by atoms with Crippen molar-refractivity contribution in [3.8, 4) is 0 Å². The van der Waals surface area contributed by atoms with Crippen LogP contribution in [0.5, 0.6) is 0 Å². The minimum atomic E-state index is -1.91. The lowest BCUT2D eigenvalue weighted by atomic mass is 10.1. The second kappa shape index (κ2) is 36.4. The number of amides is 13. The van der Waals surface area contributed by atoms with E-state index in [9.17, 15) is 82.1 Å². The van der Waals surface area contributed by atoms with Gasteiger partial charge in [-0.2, -0.15) is 11.8 Å². The van der Waals surface area contributed by atoms with Gasteiger partial charge in [0.15, 0.2) is 5.96 Å². The minimum Gasteiger partial charge on any atom is -0.481 e. The summed E-state index contributed by atoms with van der Waals surface area (Å²) in [6.07, 6.45) is -0.310. The Hall–Kier alpha value is -8.45. The molecule has 0 radical (unpaired) electrons. The summed E-state index contributed by atoms with van der Waals surface area (Å²) in [6.45, 7) is 1.84. The van der Waals surface area contributed by atoms with Gasteiger partial charge >= 0.3 is 11.9 Å². The number of carbonyl (C=O) groups is 15. The average Bonchev–Trinajstić information content (AvgIpc) is 4.35. The second-order valence-electron chi connectivity index (χ2n) is 20.3. The number of aliphatic hydroxyl groups excluding tert-OH is 2. The SMILES string of the molecule is CSCCC(NC(=O)C(C)NC(=O)C1CCCN1C(=O)C(CC(N)=O)NC(=O)C(CO)NC(=O)C(CC(N)=O)NC(=O)C(C)NC(=O)C(N)CO)C(=O)NC(C)C(=O)N1CCCC1C(=O)NC(CCCN=C(N)N)C(=O)NC(CCC(=O)O)C(=O)O. The zero-order valence-corrected chi connectivity index (χ0v) is 48.8. The van der Waals surface area contributed by atoms with E-state index in [0.29, 0.717) is 12.2 Å². The molecule has 2 heterocycles. The van der Waals surface area contributed by atoms with Crippen LogP contribution < -0.4 is 76.5 Å². The zero-order valence-electron chi connectivity index (χ0n) is 48.0. The summed E-state index contributed by atoms with van der Waals surface area (Å²) in [7, 11) is 0. The number of nitrogens with one attached hydrogen (secondary N) is 9. The fourth-order valence-corrected chi connectivity index (χ4v) is 9.23. The topological polar surface area (TPSA) is 594 Å². The molecule has 12 unspecified atom stereocenters. The van der Waals surface area contributed by atoms with Crippen molar-refractivity contribution in [2.45, 2.75) is 164 Å². The number of likely N-dealkylation sites (tertiary alicyclic amines) is 2. The number of aliphatic carboxylic acids is 2. The number of aliphatic hydroxyl groups is 2. The molecule has 0 bridgehead atoms. The van der Waals surface area contributed by atoms with Crippen LogP contribution >= 0.6 is 11.8 Å². The number of nitrogens with two attached hydrogens (primary N) is 5. The van der Waals surface area contributed by atoms with E-state index in [1.54, 1.807) is 6.26 Å². The first-order valence-corrected chi connectivity index (χ1v) is 28.6. The number of carboxylic acids is 2. The van der Waals surface area contributed by atoms with Crippen LogP contribution in [0.1, 0.15) is 91.4 Å². The van der Waals surface area contributed by atoms with Gasteiger partial charge in [-0.15, -0.1) is 0 Å². The van der Waals surface area contributed by atoms with Gasteiger partial charge < -0.3 is 107 Å². The van der Waals surface area contributed by atoms with Crippen LogP contribution in [0.3, 0.4) is 0 Å². The highest BCUT2D eigenvalue weighted by Crippen LogP contribution is 2.21. The lowest BCUT2D eigenvalue weighted by Gasteiger charge is -2.30. The summed E-state index contributed by atoms with van der Waals surface area (Å²) in [4.78, 5) is 201. The van der Waals surface area contributed by atoms with Crippen molar-refractivity contribution in [3.63, 3.8) is 0 Å². The molecule has 0 spiro atoms. The molecule has 86 heavy (non-hydrogen) atoms. The molecule has 482 valence electrons. The van der Waals surface area contributed by atoms with Crippen LogP contribution in [-0.4, -0.2) is 242 Å². The van der Waals surface area contributed by atoms with E-state index in [4.69, 9.17) is 38.9 Å². The van der Waals surface area contributed by atoms with Gasteiger partial charge in [-0.3, -0.25) is 72.1 Å². The summed E-state index contributed by atoms with van der Waals surface area (Å²) in [5.41, 5.74) is 26.9. The van der Waals surface area contributed by atoms with Gasteiger partial charge in [0.1, 0.15) is 72.5 Å². The average molecular weight is 1240 g/mol. The summed E-state index contributed by atoms with van der Waals surface area (Å²) in [5, 5.41) is 58.9. The predicted octanol–water partition coefficient (Wildman–Crippen LogP) is -9.79. The Morgan fingerprint density at radius 2 is 0.977 bits per heavy atom. The summed E-state index contributed by atoms with van der Waals surface area (Å²) in [5.74, 6) is -15.5. The number of carbonyl (C=O) groups excluding carboxylic acids is 13. The molecule has 36 nitrogen and oxygen atoms in total. The maximum atomic E-state index is 14.0. The molecule has 0 saturated carbocycles.